The van der Waals surface area contributed by atoms with E-state index in [1.54, 1.807) is 11.9 Å². The van der Waals surface area contributed by atoms with Crippen LogP contribution in [-0.4, -0.2) is 71.5 Å². The second-order valence-corrected chi connectivity index (χ2v) is 11.1. The van der Waals surface area contributed by atoms with Crippen molar-refractivity contribution in [1.29, 1.82) is 0 Å². The van der Waals surface area contributed by atoms with Gasteiger partial charge in [0.15, 0.2) is 0 Å². The summed E-state index contributed by atoms with van der Waals surface area (Å²) in [5, 5.41) is 7.04. The molecule has 2 atom stereocenters. The van der Waals surface area contributed by atoms with Crippen molar-refractivity contribution in [3.05, 3.63) is 76.7 Å². The Morgan fingerprint density at radius 3 is 2.52 bits per heavy atom. The number of carbonyl (C=O) groups is 3. The van der Waals surface area contributed by atoms with Crippen molar-refractivity contribution in [1.82, 2.24) is 20.3 Å². The van der Waals surface area contributed by atoms with Crippen LogP contribution in [0.1, 0.15) is 47.4 Å². The average Bonchev–Trinajstić information content (AvgIpc) is 3.30. The first-order chi connectivity index (χ1) is 20.2. The summed E-state index contributed by atoms with van der Waals surface area (Å²) in [6.45, 7) is 4.82. The van der Waals surface area contributed by atoms with Crippen LogP contribution in [0.3, 0.4) is 0 Å². The SMILES string of the molecule is Cc1noc(C)c1CCC(=O)N1CC[C@H]2OCc3cccc(c3)Oc3cccc(c3)CCC(=O)N(C)CC(=O)N[C@H]2C1. The quantitative estimate of drug-likeness (QED) is 0.507. The van der Waals surface area contributed by atoms with E-state index in [0.29, 0.717) is 56.9 Å². The fourth-order valence-electron chi connectivity index (χ4n) is 5.54. The van der Waals surface area contributed by atoms with E-state index < -0.39 is 6.04 Å². The molecule has 4 bridgehead atoms. The Morgan fingerprint density at radius 2 is 1.79 bits per heavy atom. The monoisotopic (exact) mass is 574 g/mol. The fraction of sp³-hybridized carbons (Fsp3) is 0.438. The Kier molecular flexibility index (Phi) is 9.22. The third-order valence-electron chi connectivity index (χ3n) is 7.95. The largest absolute Gasteiger partial charge is 0.457 e. The normalized spacial score (nSPS) is 20.2. The number of rotatable bonds is 3. The van der Waals surface area contributed by atoms with Crippen LogP contribution in [-0.2, 0) is 38.6 Å². The van der Waals surface area contributed by atoms with E-state index in [9.17, 15) is 14.4 Å². The Morgan fingerprint density at radius 1 is 1.05 bits per heavy atom. The number of nitrogens with one attached hydrogen (secondary N) is 1. The molecule has 0 saturated carbocycles. The molecule has 42 heavy (non-hydrogen) atoms. The molecule has 3 aromatic rings. The molecule has 10 heteroatoms. The Hall–Kier alpha value is -4.18. The molecule has 10 nitrogen and oxygen atoms in total. The van der Waals surface area contributed by atoms with Crippen molar-refractivity contribution in [3.63, 3.8) is 0 Å². The number of likely N-dealkylation sites (tertiary alicyclic amines) is 1. The summed E-state index contributed by atoms with van der Waals surface area (Å²) in [6.07, 6.45) is 1.93. The van der Waals surface area contributed by atoms with E-state index in [2.05, 4.69) is 10.5 Å². The summed E-state index contributed by atoms with van der Waals surface area (Å²) in [7, 11) is 1.63. The summed E-state index contributed by atoms with van der Waals surface area (Å²) >= 11 is 0. The zero-order valence-corrected chi connectivity index (χ0v) is 24.4. The van der Waals surface area contributed by atoms with Crippen molar-refractivity contribution in [2.75, 3.05) is 26.7 Å². The van der Waals surface area contributed by atoms with Crippen LogP contribution in [0.15, 0.2) is 53.1 Å². The molecule has 1 saturated heterocycles. The minimum absolute atomic E-state index is 0.00232. The zero-order valence-electron chi connectivity index (χ0n) is 24.4. The summed E-state index contributed by atoms with van der Waals surface area (Å²) in [6, 6.07) is 15.0. The van der Waals surface area contributed by atoms with Gasteiger partial charge < -0.3 is 29.1 Å². The Balaban J connectivity index is 1.31. The lowest BCUT2D eigenvalue weighted by atomic mass is 10.00. The fourth-order valence-corrected chi connectivity index (χ4v) is 5.54. The van der Waals surface area contributed by atoms with E-state index in [1.807, 2.05) is 62.4 Å². The predicted octanol–water partition coefficient (Wildman–Crippen LogP) is 3.72. The number of benzene rings is 2. The first-order valence-electron chi connectivity index (χ1n) is 14.5. The predicted molar refractivity (Wildman–Crippen MR) is 155 cm³/mol. The minimum Gasteiger partial charge on any atom is -0.457 e. The zero-order chi connectivity index (χ0) is 29.6. The number of hydrogen-bond donors (Lipinski definition) is 1. The van der Waals surface area contributed by atoms with Gasteiger partial charge in [0.2, 0.25) is 17.7 Å². The molecule has 3 heterocycles. The van der Waals surface area contributed by atoms with Crippen molar-refractivity contribution in [3.8, 4) is 11.5 Å². The van der Waals surface area contributed by atoms with E-state index in [1.165, 1.54) is 4.90 Å². The minimum atomic E-state index is -0.420. The number of hydrogen-bond acceptors (Lipinski definition) is 7. The Bertz CT molecular complexity index is 1420. The van der Waals surface area contributed by atoms with Crippen LogP contribution in [0.2, 0.25) is 0 Å². The molecule has 3 amide bonds. The van der Waals surface area contributed by atoms with Crippen LogP contribution in [0.25, 0.3) is 0 Å². The molecule has 0 unspecified atom stereocenters. The van der Waals surface area contributed by atoms with Gasteiger partial charge in [0.25, 0.3) is 0 Å². The van der Waals surface area contributed by atoms with Gasteiger partial charge in [-0.15, -0.1) is 0 Å². The number of ether oxygens (including phenoxy) is 2. The number of carbonyl (C=O) groups excluding carboxylic acids is 3. The topological polar surface area (TPSA) is 114 Å². The number of aryl methyl sites for hydroxylation is 3. The van der Waals surface area contributed by atoms with Gasteiger partial charge in [0.1, 0.15) is 17.3 Å². The highest BCUT2D eigenvalue weighted by molar-refractivity contribution is 5.85. The Labute approximate surface area is 245 Å². The van der Waals surface area contributed by atoms with Gasteiger partial charge in [0.05, 0.1) is 31.0 Å². The molecule has 1 aromatic heterocycles. The maximum absolute atomic E-state index is 13.2. The lowest BCUT2D eigenvalue weighted by Crippen LogP contribution is -2.58. The van der Waals surface area contributed by atoms with E-state index in [4.69, 9.17) is 14.0 Å². The molecule has 1 N–H and O–H groups in total. The van der Waals surface area contributed by atoms with Gasteiger partial charge in [-0.25, -0.2) is 0 Å². The number of fused-ring (bicyclic) bond motifs is 5. The maximum atomic E-state index is 13.2. The van der Waals surface area contributed by atoms with Crippen molar-refractivity contribution >= 4 is 17.7 Å². The number of nitrogens with zero attached hydrogens (tertiary/aromatic N) is 3. The molecule has 1 fully saturated rings. The third-order valence-corrected chi connectivity index (χ3v) is 7.95. The van der Waals surface area contributed by atoms with Crippen molar-refractivity contribution < 1.29 is 28.4 Å². The second-order valence-electron chi connectivity index (χ2n) is 11.1. The smallest absolute Gasteiger partial charge is 0.239 e. The van der Waals surface area contributed by atoms with Crippen molar-refractivity contribution in [2.45, 2.75) is 64.7 Å². The van der Waals surface area contributed by atoms with Crippen LogP contribution >= 0.6 is 0 Å². The second kappa shape index (κ2) is 13.2. The summed E-state index contributed by atoms with van der Waals surface area (Å²) < 4.78 is 17.7. The highest BCUT2D eigenvalue weighted by atomic mass is 16.5. The van der Waals surface area contributed by atoms with Crippen molar-refractivity contribution in [2.24, 2.45) is 0 Å². The highest BCUT2D eigenvalue weighted by Gasteiger charge is 2.33. The molecule has 0 aliphatic carbocycles. The number of amides is 3. The van der Waals surface area contributed by atoms with Gasteiger partial charge in [-0.05, 0) is 68.5 Å². The first-order valence-corrected chi connectivity index (χ1v) is 14.5. The summed E-state index contributed by atoms with van der Waals surface area (Å²) in [4.78, 5) is 42.4. The summed E-state index contributed by atoms with van der Waals surface area (Å²) in [5.74, 6) is 1.70. The van der Waals surface area contributed by atoms with E-state index in [0.717, 1.165) is 28.1 Å². The van der Waals surface area contributed by atoms with Gasteiger partial charge in [-0.2, -0.15) is 0 Å². The molecule has 2 aromatic carbocycles. The number of piperidine rings is 1. The standard InChI is InChI=1S/C32H38N4O6/c1-21-27(22(2)42-34-21)11-13-32(39)36-15-14-29-28(18-36)33-30(37)19-35(3)31(38)12-10-23-6-4-8-25(16-23)41-26-9-5-7-24(17-26)20-40-29/h4-9,16-17,28-29H,10-15,18-20H2,1-3H3,(H,33,37)/t28-,29+/m0/s1. The van der Waals surface area contributed by atoms with E-state index in [-0.39, 0.29) is 36.8 Å². The molecule has 0 radical (unpaired) electrons. The maximum Gasteiger partial charge on any atom is 0.239 e. The van der Waals surface area contributed by atoms with Gasteiger partial charge in [-0.3, -0.25) is 14.4 Å². The molecule has 2 aliphatic rings. The summed E-state index contributed by atoms with van der Waals surface area (Å²) in [5.41, 5.74) is 3.67. The molecule has 222 valence electrons. The molecule has 2 aliphatic heterocycles. The number of likely N-dealkylation sites (N-methyl/N-ethyl adjacent to an activating group) is 1. The van der Waals surface area contributed by atoms with Gasteiger partial charge >= 0.3 is 0 Å². The van der Waals surface area contributed by atoms with Gasteiger partial charge in [0, 0.05) is 38.5 Å². The highest BCUT2D eigenvalue weighted by Crippen LogP contribution is 2.25. The van der Waals surface area contributed by atoms with Crippen LogP contribution < -0.4 is 10.1 Å². The first kappa shape index (κ1) is 29.3. The van der Waals surface area contributed by atoms with Crippen LogP contribution in [0, 0.1) is 13.8 Å². The lowest BCUT2D eigenvalue weighted by Gasteiger charge is -2.39. The molecule has 0 spiro atoms. The van der Waals surface area contributed by atoms with Crippen LogP contribution in [0.5, 0.6) is 11.5 Å². The molecular weight excluding hydrogens is 536 g/mol. The molecular formula is C32H38N4O6. The lowest BCUT2D eigenvalue weighted by molar-refractivity contribution is -0.138. The van der Waals surface area contributed by atoms with Crippen LogP contribution in [0.4, 0.5) is 0 Å². The van der Waals surface area contributed by atoms with E-state index >= 15 is 0 Å². The average molecular weight is 575 g/mol. The molecule has 5 rings (SSSR count). The number of aromatic nitrogens is 1. The van der Waals surface area contributed by atoms with Gasteiger partial charge in [-0.1, -0.05) is 29.4 Å². The third kappa shape index (κ3) is 7.36.